The van der Waals surface area contributed by atoms with Gasteiger partial charge in [-0.05, 0) is 28.4 Å². The summed E-state index contributed by atoms with van der Waals surface area (Å²) in [6.07, 6.45) is 0.908. The predicted molar refractivity (Wildman–Crippen MR) is 67.9 cm³/mol. The lowest BCUT2D eigenvalue weighted by Crippen LogP contribution is -2.34. The van der Waals surface area contributed by atoms with Crippen LogP contribution in [0.4, 0.5) is 0 Å². The molecule has 0 heterocycles. The zero-order valence-electron chi connectivity index (χ0n) is 8.70. The Bertz CT molecular complexity index is 523. The Morgan fingerprint density at radius 3 is 2.31 bits per heavy atom. The minimum atomic E-state index is -3.73. The van der Waals surface area contributed by atoms with Gasteiger partial charge in [0.05, 0.1) is 0 Å². The van der Waals surface area contributed by atoms with Crippen molar-refractivity contribution in [2.45, 2.75) is 10.0 Å². The molecule has 0 N–H and O–H groups in total. The smallest absolute Gasteiger partial charge is 0.261 e. The minimum Gasteiger partial charge on any atom is -0.290 e. The number of benzene rings is 1. The summed E-state index contributed by atoms with van der Waals surface area (Å²) < 4.78 is 20.7. The molecule has 0 amide bonds. The summed E-state index contributed by atoms with van der Waals surface area (Å²) in [5, 5.41) is 0. The molecule has 0 unspecified atom stereocenters. The maximum atomic E-state index is 12.0. The van der Waals surface area contributed by atoms with E-state index >= 15 is 0 Å². The molecule has 0 aliphatic carbocycles. The molecule has 1 atom stereocenters. The summed E-state index contributed by atoms with van der Waals surface area (Å²) in [6.45, 7) is 1.72. The number of carbonyl (C=O) groups is 1. The first-order valence-electron chi connectivity index (χ1n) is 4.36. The highest BCUT2D eigenvalue weighted by Gasteiger charge is 2.44. The van der Waals surface area contributed by atoms with Crippen LogP contribution in [0.1, 0.15) is 15.9 Å². The Balaban J connectivity index is 3.29. The first-order valence-corrected chi connectivity index (χ1v) is 7.42. The molecule has 16 heavy (non-hydrogen) atoms. The minimum absolute atomic E-state index is 0.291. The topological polar surface area (TPSA) is 51.2 Å². The van der Waals surface area contributed by atoms with Gasteiger partial charge < -0.3 is 0 Å². The van der Waals surface area contributed by atoms with Crippen molar-refractivity contribution in [1.29, 1.82) is 0 Å². The number of hydrogen-bond donors (Lipinski definition) is 0. The van der Waals surface area contributed by atoms with Gasteiger partial charge in [0.25, 0.3) is 3.12 Å². The van der Waals surface area contributed by atoms with Crippen LogP contribution >= 0.6 is 27.5 Å². The monoisotopic (exact) mass is 324 g/mol. The highest BCUT2D eigenvalue weighted by molar-refractivity contribution is 9.12. The van der Waals surface area contributed by atoms with Crippen LogP contribution in [0.25, 0.3) is 0 Å². The molecule has 3 nitrogen and oxygen atoms in total. The molecular weight excluding hydrogens is 316 g/mol. The average Bonchev–Trinajstić information content (AvgIpc) is 2.15. The van der Waals surface area contributed by atoms with Crippen molar-refractivity contribution in [3.05, 3.63) is 35.4 Å². The van der Waals surface area contributed by atoms with E-state index in [2.05, 4.69) is 15.9 Å². The summed E-state index contributed by atoms with van der Waals surface area (Å²) in [5.74, 6) is -0.672. The third-order valence-corrected chi connectivity index (χ3v) is 6.37. The third kappa shape index (κ3) is 2.47. The van der Waals surface area contributed by atoms with E-state index in [0.717, 1.165) is 6.26 Å². The third-order valence-electron chi connectivity index (χ3n) is 2.12. The maximum absolute atomic E-state index is 12.0. The SMILES string of the molecule is Cc1ccccc1C(=O)[C@](Cl)(Br)S(C)(=O)=O. The largest absolute Gasteiger partial charge is 0.290 e. The van der Waals surface area contributed by atoms with Crippen LogP contribution in [-0.4, -0.2) is 23.6 Å². The van der Waals surface area contributed by atoms with Gasteiger partial charge in [-0.3, -0.25) is 4.79 Å². The molecular formula is C10H10BrClO3S. The van der Waals surface area contributed by atoms with Gasteiger partial charge in [0.15, 0.2) is 9.84 Å². The second-order valence-electron chi connectivity index (χ2n) is 3.43. The van der Waals surface area contributed by atoms with Gasteiger partial charge in [-0.15, -0.1) is 0 Å². The lowest BCUT2D eigenvalue weighted by atomic mass is 10.1. The number of carbonyl (C=O) groups excluding carboxylic acids is 1. The van der Waals surface area contributed by atoms with Gasteiger partial charge in [-0.2, -0.15) is 0 Å². The number of ketones is 1. The normalized spacial score (nSPS) is 15.5. The van der Waals surface area contributed by atoms with Gasteiger partial charge in [0, 0.05) is 11.8 Å². The zero-order valence-corrected chi connectivity index (χ0v) is 11.9. The van der Waals surface area contributed by atoms with Crippen molar-refractivity contribution in [2.75, 3.05) is 6.26 Å². The van der Waals surface area contributed by atoms with Crippen molar-refractivity contribution < 1.29 is 13.2 Å². The van der Waals surface area contributed by atoms with Crippen molar-refractivity contribution >= 4 is 43.2 Å². The number of halogens is 2. The van der Waals surface area contributed by atoms with Crippen LogP contribution in [0.2, 0.25) is 0 Å². The Hall–Kier alpha value is -0.390. The second kappa shape index (κ2) is 4.47. The van der Waals surface area contributed by atoms with E-state index in [4.69, 9.17) is 11.6 Å². The first kappa shape index (κ1) is 13.7. The highest BCUT2D eigenvalue weighted by atomic mass is 79.9. The molecule has 0 aliphatic rings. The number of rotatable bonds is 3. The Morgan fingerprint density at radius 2 is 1.88 bits per heavy atom. The number of alkyl halides is 2. The zero-order chi connectivity index (χ0) is 12.6. The van der Waals surface area contributed by atoms with E-state index in [0.29, 0.717) is 11.1 Å². The molecule has 6 heteroatoms. The van der Waals surface area contributed by atoms with Crippen molar-refractivity contribution in [3.63, 3.8) is 0 Å². The summed E-state index contributed by atoms with van der Waals surface area (Å²) in [6, 6.07) is 6.68. The number of Topliss-reactive ketones (excluding diaryl/α,β-unsaturated/α-hetero) is 1. The molecule has 0 aromatic heterocycles. The fraction of sp³-hybridized carbons (Fsp3) is 0.300. The quantitative estimate of drug-likeness (QED) is 0.634. The van der Waals surface area contributed by atoms with Crippen LogP contribution < -0.4 is 0 Å². The Kier molecular flexibility index (Phi) is 3.82. The number of sulfone groups is 1. The highest BCUT2D eigenvalue weighted by Crippen LogP contribution is 2.34. The molecule has 0 spiro atoms. The van der Waals surface area contributed by atoms with Crippen LogP contribution in [0.3, 0.4) is 0 Å². The predicted octanol–water partition coefficient (Wildman–Crippen LogP) is 2.51. The van der Waals surface area contributed by atoms with Gasteiger partial charge in [0.1, 0.15) is 0 Å². The van der Waals surface area contributed by atoms with Gasteiger partial charge in [-0.25, -0.2) is 8.42 Å². The Labute approximate surface area is 108 Å². The standard InChI is InChI=1S/C10H10BrClO3S/c1-7-5-3-4-6-8(7)9(13)10(11,12)16(2,14)15/h3-6H,1-2H3/t10-/m1/s1. The van der Waals surface area contributed by atoms with Crippen LogP contribution in [0.5, 0.6) is 0 Å². The first-order chi connectivity index (χ1) is 7.18. The van der Waals surface area contributed by atoms with Crippen molar-refractivity contribution in [1.82, 2.24) is 0 Å². The maximum Gasteiger partial charge on any atom is 0.261 e. The number of hydrogen-bond acceptors (Lipinski definition) is 3. The van der Waals surface area contributed by atoms with Gasteiger partial charge >= 0.3 is 0 Å². The van der Waals surface area contributed by atoms with E-state index in [1.54, 1.807) is 31.2 Å². The fourth-order valence-corrected chi connectivity index (χ4v) is 1.91. The summed E-state index contributed by atoms with van der Waals surface area (Å²) in [5.41, 5.74) is 0.973. The molecule has 0 fully saturated rings. The molecule has 88 valence electrons. The number of aryl methyl sites for hydroxylation is 1. The molecule has 1 aromatic carbocycles. The van der Waals surface area contributed by atoms with E-state index in [-0.39, 0.29) is 0 Å². The van der Waals surface area contributed by atoms with E-state index < -0.39 is 18.7 Å². The van der Waals surface area contributed by atoms with Crippen LogP contribution in [-0.2, 0) is 9.84 Å². The fourth-order valence-electron chi connectivity index (χ4n) is 1.15. The molecule has 0 saturated carbocycles. The van der Waals surface area contributed by atoms with Gasteiger partial charge in [-0.1, -0.05) is 35.9 Å². The summed E-state index contributed by atoms with van der Waals surface area (Å²) in [4.78, 5) is 12.0. The second-order valence-corrected chi connectivity index (χ2v) is 8.55. The lowest BCUT2D eigenvalue weighted by Gasteiger charge is -2.17. The van der Waals surface area contributed by atoms with Crippen molar-refractivity contribution in [3.8, 4) is 0 Å². The molecule has 0 bridgehead atoms. The molecule has 0 aliphatic heterocycles. The van der Waals surface area contributed by atoms with E-state index in [9.17, 15) is 13.2 Å². The van der Waals surface area contributed by atoms with Crippen LogP contribution in [0, 0.1) is 6.92 Å². The molecule has 0 saturated heterocycles. The van der Waals surface area contributed by atoms with E-state index in [1.165, 1.54) is 0 Å². The Morgan fingerprint density at radius 1 is 1.38 bits per heavy atom. The van der Waals surface area contributed by atoms with Gasteiger partial charge in [0.2, 0.25) is 5.78 Å². The average molecular weight is 326 g/mol. The molecule has 1 aromatic rings. The molecule has 0 radical (unpaired) electrons. The summed E-state index contributed by atoms with van der Waals surface area (Å²) in [7, 11) is -3.73. The molecule has 1 rings (SSSR count). The van der Waals surface area contributed by atoms with Crippen molar-refractivity contribution in [2.24, 2.45) is 0 Å². The van der Waals surface area contributed by atoms with E-state index in [1.807, 2.05) is 0 Å². The summed E-state index contributed by atoms with van der Waals surface area (Å²) >= 11 is 8.52. The van der Waals surface area contributed by atoms with Crippen LogP contribution in [0.15, 0.2) is 24.3 Å². The lowest BCUT2D eigenvalue weighted by molar-refractivity contribution is 0.0999.